The zero-order valence-electron chi connectivity index (χ0n) is 7.93. The lowest BCUT2D eigenvalue weighted by Crippen LogP contribution is -2.04. The molecule has 14 heavy (non-hydrogen) atoms. The molecule has 0 amide bonds. The summed E-state index contributed by atoms with van der Waals surface area (Å²) in [7, 11) is 0. The summed E-state index contributed by atoms with van der Waals surface area (Å²) in [6.45, 7) is 3.12. The van der Waals surface area contributed by atoms with Crippen LogP contribution in [-0.2, 0) is 0 Å². The van der Waals surface area contributed by atoms with Crippen LogP contribution in [0.3, 0.4) is 0 Å². The van der Waals surface area contributed by atoms with Gasteiger partial charge in [0.25, 0.3) is 0 Å². The van der Waals surface area contributed by atoms with Gasteiger partial charge in [-0.1, -0.05) is 0 Å². The highest BCUT2D eigenvalue weighted by Gasteiger charge is 2.15. The largest absolute Gasteiger partial charge is 0.490 e. The topological polar surface area (TPSA) is 26.3 Å². The Kier molecular flexibility index (Phi) is 3.17. The van der Waals surface area contributed by atoms with Gasteiger partial charge in [0.1, 0.15) is 5.82 Å². The van der Waals surface area contributed by atoms with Gasteiger partial charge < -0.3 is 4.74 Å². The predicted molar refractivity (Wildman–Crippen MR) is 47.5 cm³/mol. The minimum atomic E-state index is -0.850. The molecule has 0 aromatic heterocycles. The van der Waals surface area contributed by atoms with Crippen LogP contribution in [0.15, 0.2) is 12.1 Å². The second-order valence-corrected chi connectivity index (χ2v) is 2.75. The monoisotopic (exact) mass is 200 g/mol. The molecule has 1 aromatic rings. The molecule has 0 saturated heterocycles. The van der Waals surface area contributed by atoms with E-state index in [1.165, 1.54) is 6.92 Å². The fourth-order valence-electron chi connectivity index (χ4n) is 1.11. The number of hydrogen-bond donors (Lipinski definition) is 0. The quantitative estimate of drug-likeness (QED) is 0.701. The van der Waals surface area contributed by atoms with Crippen molar-refractivity contribution in [3.05, 3.63) is 29.3 Å². The van der Waals surface area contributed by atoms with Crippen LogP contribution in [-0.4, -0.2) is 12.4 Å². The Balaban J connectivity index is 3.28. The number of ether oxygens (including phenoxy) is 1. The average molecular weight is 200 g/mol. The Morgan fingerprint density at radius 2 is 2.07 bits per heavy atom. The van der Waals surface area contributed by atoms with Crippen LogP contribution in [0.4, 0.5) is 8.78 Å². The third kappa shape index (κ3) is 2.07. The molecule has 0 radical (unpaired) electrons. The van der Waals surface area contributed by atoms with Gasteiger partial charge in [-0.05, 0) is 19.9 Å². The van der Waals surface area contributed by atoms with Crippen LogP contribution in [0.5, 0.6) is 5.75 Å². The van der Waals surface area contributed by atoms with Crippen molar-refractivity contribution in [1.29, 1.82) is 0 Å². The number of carbonyl (C=O) groups is 1. The first-order valence-electron chi connectivity index (χ1n) is 4.19. The lowest BCUT2D eigenvalue weighted by Gasteiger charge is -2.08. The second kappa shape index (κ2) is 4.17. The highest BCUT2D eigenvalue weighted by Crippen LogP contribution is 2.24. The second-order valence-electron chi connectivity index (χ2n) is 2.75. The fourth-order valence-corrected chi connectivity index (χ4v) is 1.11. The van der Waals surface area contributed by atoms with E-state index >= 15 is 0 Å². The van der Waals surface area contributed by atoms with Gasteiger partial charge in [-0.3, -0.25) is 4.79 Å². The molecule has 0 spiro atoms. The predicted octanol–water partition coefficient (Wildman–Crippen LogP) is 2.57. The van der Waals surface area contributed by atoms with Gasteiger partial charge in [-0.25, -0.2) is 8.78 Å². The van der Waals surface area contributed by atoms with Crippen LogP contribution in [0.25, 0.3) is 0 Å². The highest BCUT2D eigenvalue weighted by atomic mass is 19.1. The molecule has 0 atom stereocenters. The minimum Gasteiger partial charge on any atom is -0.490 e. The van der Waals surface area contributed by atoms with E-state index < -0.39 is 17.4 Å². The average Bonchev–Trinajstić information content (AvgIpc) is 2.09. The molecular formula is C10H10F2O2. The van der Waals surface area contributed by atoms with Crippen LogP contribution in [0, 0.1) is 11.6 Å². The van der Waals surface area contributed by atoms with Gasteiger partial charge in [0.05, 0.1) is 12.2 Å². The summed E-state index contributed by atoms with van der Waals surface area (Å²) >= 11 is 0. The molecule has 2 nitrogen and oxygen atoms in total. The molecule has 0 heterocycles. The molecule has 0 saturated carbocycles. The number of Topliss-reactive ketones (excluding diaryl/α,β-unsaturated/α-hetero) is 1. The lowest BCUT2D eigenvalue weighted by atomic mass is 10.1. The molecule has 76 valence electrons. The molecule has 0 aliphatic heterocycles. The number of benzene rings is 1. The summed E-state index contributed by atoms with van der Waals surface area (Å²) in [5.74, 6) is -2.23. The van der Waals surface area contributed by atoms with Crippen molar-refractivity contribution in [2.75, 3.05) is 6.61 Å². The smallest absolute Gasteiger partial charge is 0.168 e. The lowest BCUT2D eigenvalue weighted by molar-refractivity contribution is 0.101. The Morgan fingerprint density at radius 1 is 1.43 bits per heavy atom. The molecule has 1 aromatic carbocycles. The normalized spacial score (nSPS) is 10.0. The number of ketones is 1. The zero-order chi connectivity index (χ0) is 10.7. The molecule has 0 fully saturated rings. The van der Waals surface area contributed by atoms with Gasteiger partial charge in [0, 0.05) is 6.07 Å². The molecule has 0 bridgehead atoms. The molecular weight excluding hydrogens is 190 g/mol. The van der Waals surface area contributed by atoms with Gasteiger partial charge in [0.15, 0.2) is 17.3 Å². The fraction of sp³-hybridized carbons (Fsp3) is 0.300. The maximum Gasteiger partial charge on any atom is 0.168 e. The van der Waals surface area contributed by atoms with Crippen molar-refractivity contribution in [2.24, 2.45) is 0 Å². The summed E-state index contributed by atoms with van der Waals surface area (Å²) in [5, 5.41) is 0. The van der Waals surface area contributed by atoms with Gasteiger partial charge in [0.2, 0.25) is 0 Å². The van der Waals surface area contributed by atoms with Crippen molar-refractivity contribution in [3.63, 3.8) is 0 Å². The van der Waals surface area contributed by atoms with Crippen LogP contribution in [0.2, 0.25) is 0 Å². The Morgan fingerprint density at radius 3 is 2.57 bits per heavy atom. The van der Waals surface area contributed by atoms with E-state index in [-0.39, 0.29) is 17.9 Å². The van der Waals surface area contributed by atoms with E-state index in [0.29, 0.717) is 6.07 Å². The maximum absolute atomic E-state index is 13.1. The molecule has 0 unspecified atom stereocenters. The standard InChI is InChI=1S/C10H10F2O2/c1-3-14-10-8(6(2)13)4-7(11)5-9(10)12/h4-5H,3H2,1-2H3. The van der Waals surface area contributed by atoms with Crippen LogP contribution < -0.4 is 4.74 Å². The zero-order valence-corrected chi connectivity index (χ0v) is 7.93. The minimum absolute atomic E-state index is 0.0654. The summed E-state index contributed by atoms with van der Waals surface area (Å²) in [6, 6.07) is 1.66. The summed E-state index contributed by atoms with van der Waals surface area (Å²) < 4.78 is 30.8. The molecule has 0 N–H and O–H groups in total. The molecule has 1 rings (SSSR count). The number of rotatable bonds is 3. The summed E-state index contributed by atoms with van der Waals surface area (Å²) in [5.41, 5.74) is -0.0654. The number of carbonyl (C=O) groups excluding carboxylic acids is 1. The molecule has 4 heteroatoms. The molecule has 0 aliphatic carbocycles. The number of hydrogen-bond acceptors (Lipinski definition) is 2. The Bertz CT molecular complexity index is 361. The van der Waals surface area contributed by atoms with Crippen molar-refractivity contribution in [2.45, 2.75) is 13.8 Å². The summed E-state index contributed by atoms with van der Waals surface area (Å²) in [6.07, 6.45) is 0. The van der Waals surface area contributed by atoms with Gasteiger partial charge in [-0.15, -0.1) is 0 Å². The van der Waals surface area contributed by atoms with Crippen molar-refractivity contribution in [1.82, 2.24) is 0 Å². The maximum atomic E-state index is 13.1. The van der Waals surface area contributed by atoms with E-state index in [1.807, 2.05) is 0 Å². The van der Waals surface area contributed by atoms with E-state index in [9.17, 15) is 13.6 Å². The van der Waals surface area contributed by atoms with Gasteiger partial charge in [-0.2, -0.15) is 0 Å². The third-order valence-corrected chi connectivity index (χ3v) is 1.68. The first-order chi connectivity index (χ1) is 6.56. The Labute approximate surface area is 80.5 Å². The number of halogens is 2. The van der Waals surface area contributed by atoms with E-state index in [1.54, 1.807) is 6.92 Å². The summed E-state index contributed by atoms with van der Waals surface area (Å²) in [4.78, 5) is 11.0. The van der Waals surface area contributed by atoms with E-state index in [0.717, 1.165) is 6.07 Å². The van der Waals surface area contributed by atoms with Crippen LogP contribution >= 0.6 is 0 Å². The highest BCUT2D eigenvalue weighted by molar-refractivity contribution is 5.96. The Hall–Kier alpha value is -1.45. The first-order valence-corrected chi connectivity index (χ1v) is 4.19. The van der Waals surface area contributed by atoms with E-state index in [2.05, 4.69) is 0 Å². The molecule has 0 aliphatic rings. The third-order valence-electron chi connectivity index (χ3n) is 1.68. The first kappa shape index (κ1) is 10.6. The van der Waals surface area contributed by atoms with Gasteiger partial charge >= 0.3 is 0 Å². The SMILES string of the molecule is CCOc1c(F)cc(F)cc1C(C)=O. The van der Waals surface area contributed by atoms with Crippen molar-refractivity contribution in [3.8, 4) is 5.75 Å². The van der Waals surface area contributed by atoms with Crippen LogP contribution in [0.1, 0.15) is 24.2 Å². The van der Waals surface area contributed by atoms with E-state index in [4.69, 9.17) is 4.74 Å². The van der Waals surface area contributed by atoms with Crippen molar-refractivity contribution < 1.29 is 18.3 Å². The van der Waals surface area contributed by atoms with Crippen molar-refractivity contribution >= 4 is 5.78 Å².